The Bertz CT molecular complexity index is 780. The van der Waals surface area contributed by atoms with Gasteiger partial charge in [-0.2, -0.15) is 9.97 Å². The van der Waals surface area contributed by atoms with Gasteiger partial charge in [-0.1, -0.05) is 10.3 Å². The molecule has 0 amide bonds. The van der Waals surface area contributed by atoms with Crippen LogP contribution in [0.3, 0.4) is 0 Å². The first kappa shape index (κ1) is 14.9. The summed E-state index contributed by atoms with van der Waals surface area (Å²) < 4.78 is 15.9. The second kappa shape index (κ2) is 6.88. The first-order valence-electron chi connectivity index (χ1n) is 8.02. The molecular weight excluding hydrogens is 310 g/mol. The minimum absolute atomic E-state index is 0.265. The molecule has 124 valence electrons. The molecule has 8 nitrogen and oxygen atoms in total. The summed E-state index contributed by atoms with van der Waals surface area (Å²) in [4.78, 5) is 12.8. The minimum atomic E-state index is 0.265. The number of rotatable bonds is 6. The lowest BCUT2D eigenvalue weighted by atomic mass is 10.1. The Morgan fingerprint density at radius 2 is 1.79 bits per heavy atom. The number of pyridine rings is 1. The maximum atomic E-state index is 5.35. The van der Waals surface area contributed by atoms with Crippen LogP contribution in [0.4, 0.5) is 0 Å². The van der Waals surface area contributed by atoms with Crippen LogP contribution in [-0.2, 0) is 17.6 Å². The van der Waals surface area contributed by atoms with Crippen LogP contribution in [0.15, 0.2) is 33.6 Å². The summed E-state index contributed by atoms with van der Waals surface area (Å²) in [7, 11) is 0. The molecule has 24 heavy (non-hydrogen) atoms. The van der Waals surface area contributed by atoms with E-state index in [9.17, 15) is 0 Å². The zero-order valence-corrected chi connectivity index (χ0v) is 13.1. The molecular formula is C16H17N5O3. The largest absolute Gasteiger partial charge is 0.381 e. The van der Waals surface area contributed by atoms with Gasteiger partial charge in [0, 0.05) is 43.3 Å². The first-order valence-corrected chi connectivity index (χ1v) is 8.02. The van der Waals surface area contributed by atoms with E-state index in [2.05, 4.69) is 25.3 Å². The number of hydrogen-bond donors (Lipinski definition) is 0. The molecule has 1 saturated heterocycles. The maximum Gasteiger partial charge on any atom is 0.226 e. The van der Waals surface area contributed by atoms with E-state index in [0.29, 0.717) is 37.1 Å². The third-order valence-corrected chi connectivity index (χ3v) is 3.97. The second-order valence-electron chi connectivity index (χ2n) is 5.71. The summed E-state index contributed by atoms with van der Waals surface area (Å²) in [6, 6.07) is 3.70. The Morgan fingerprint density at radius 3 is 2.58 bits per heavy atom. The number of aromatic nitrogens is 5. The van der Waals surface area contributed by atoms with E-state index in [1.54, 1.807) is 12.4 Å². The third kappa shape index (κ3) is 3.33. The lowest BCUT2D eigenvalue weighted by molar-refractivity contribution is 0.192. The van der Waals surface area contributed by atoms with Crippen molar-refractivity contribution in [3.8, 4) is 11.4 Å². The van der Waals surface area contributed by atoms with Gasteiger partial charge < -0.3 is 13.8 Å². The molecule has 1 atom stereocenters. The van der Waals surface area contributed by atoms with Crippen molar-refractivity contribution in [2.45, 2.75) is 31.6 Å². The van der Waals surface area contributed by atoms with E-state index >= 15 is 0 Å². The van der Waals surface area contributed by atoms with Crippen molar-refractivity contribution < 1.29 is 13.8 Å². The fourth-order valence-electron chi connectivity index (χ4n) is 2.64. The summed E-state index contributed by atoms with van der Waals surface area (Å²) in [5.74, 6) is 2.84. The first-order chi connectivity index (χ1) is 11.9. The van der Waals surface area contributed by atoms with Crippen LogP contribution in [0, 0.1) is 0 Å². The van der Waals surface area contributed by atoms with Gasteiger partial charge in [-0.3, -0.25) is 4.98 Å². The van der Waals surface area contributed by atoms with Crippen LogP contribution in [-0.4, -0.2) is 38.5 Å². The second-order valence-corrected chi connectivity index (χ2v) is 5.71. The van der Waals surface area contributed by atoms with E-state index < -0.39 is 0 Å². The summed E-state index contributed by atoms with van der Waals surface area (Å²) in [5, 5.41) is 8.03. The van der Waals surface area contributed by atoms with Gasteiger partial charge in [0.25, 0.3) is 0 Å². The van der Waals surface area contributed by atoms with Crippen LogP contribution < -0.4 is 0 Å². The molecule has 4 heterocycles. The molecule has 0 N–H and O–H groups in total. The number of aryl methyl sites for hydroxylation is 2. The third-order valence-electron chi connectivity index (χ3n) is 3.97. The van der Waals surface area contributed by atoms with E-state index in [4.69, 9.17) is 13.8 Å². The van der Waals surface area contributed by atoms with Gasteiger partial charge in [0.05, 0.1) is 6.61 Å². The molecule has 0 saturated carbocycles. The van der Waals surface area contributed by atoms with Crippen molar-refractivity contribution in [3.63, 3.8) is 0 Å². The topological polar surface area (TPSA) is 100.0 Å². The lowest BCUT2D eigenvalue weighted by Crippen LogP contribution is -2.00. The van der Waals surface area contributed by atoms with Crippen molar-refractivity contribution in [2.75, 3.05) is 13.2 Å². The average molecular weight is 327 g/mol. The standard InChI is InChI=1S/C16H17N5O3/c1(3-14-19-16(21-24-14)12-6-9-22-10-12)2-13-18-15(20-23-13)11-4-7-17-8-5-11/h4-5,7-8,12H,1-3,6,9-10H2. The zero-order valence-electron chi connectivity index (χ0n) is 13.1. The molecule has 0 radical (unpaired) electrons. The summed E-state index contributed by atoms with van der Waals surface area (Å²) >= 11 is 0. The molecule has 0 bridgehead atoms. The fourth-order valence-corrected chi connectivity index (χ4v) is 2.64. The van der Waals surface area contributed by atoms with Gasteiger partial charge in [-0.05, 0) is 25.0 Å². The molecule has 8 heteroatoms. The lowest BCUT2D eigenvalue weighted by Gasteiger charge is -1.97. The van der Waals surface area contributed by atoms with Gasteiger partial charge in [0.15, 0.2) is 5.82 Å². The predicted octanol–water partition coefficient (Wildman–Crippen LogP) is 2.19. The molecule has 0 aromatic carbocycles. The quantitative estimate of drug-likeness (QED) is 0.679. The van der Waals surface area contributed by atoms with Crippen molar-refractivity contribution >= 4 is 0 Å². The van der Waals surface area contributed by atoms with E-state index in [-0.39, 0.29) is 5.92 Å². The van der Waals surface area contributed by atoms with Crippen molar-refractivity contribution in [1.82, 2.24) is 25.3 Å². The molecule has 1 aliphatic rings. The Hall–Kier alpha value is -2.61. The molecule has 0 spiro atoms. The minimum Gasteiger partial charge on any atom is -0.381 e. The molecule has 0 aliphatic carbocycles. The summed E-state index contributed by atoms with van der Waals surface area (Å²) in [6.45, 7) is 1.45. The summed E-state index contributed by atoms with van der Waals surface area (Å²) in [5.41, 5.74) is 0.889. The van der Waals surface area contributed by atoms with Gasteiger partial charge >= 0.3 is 0 Å². The maximum absolute atomic E-state index is 5.35. The van der Waals surface area contributed by atoms with E-state index in [0.717, 1.165) is 30.8 Å². The predicted molar refractivity (Wildman–Crippen MR) is 82.0 cm³/mol. The van der Waals surface area contributed by atoms with Crippen LogP contribution in [0.1, 0.15) is 36.4 Å². The van der Waals surface area contributed by atoms with Crippen LogP contribution in [0.5, 0.6) is 0 Å². The van der Waals surface area contributed by atoms with Crippen molar-refractivity contribution in [3.05, 3.63) is 42.1 Å². The zero-order chi connectivity index (χ0) is 16.2. The smallest absolute Gasteiger partial charge is 0.226 e. The number of nitrogens with zero attached hydrogens (tertiary/aromatic N) is 5. The van der Waals surface area contributed by atoms with Gasteiger partial charge in [-0.25, -0.2) is 0 Å². The highest BCUT2D eigenvalue weighted by molar-refractivity contribution is 5.52. The monoisotopic (exact) mass is 327 g/mol. The Morgan fingerprint density at radius 1 is 1.00 bits per heavy atom. The number of ether oxygens (including phenoxy) is 1. The average Bonchev–Trinajstić information content (AvgIpc) is 3.37. The van der Waals surface area contributed by atoms with Gasteiger partial charge in [0.2, 0.25) is 17.6 Å². The molecule has 1 fully saturated rings. The highest BCUT2D eigenvalue weighted by atomic mass is 16.5. The fraction of sp³-hybridized carbons (Fsp3) is 0.438. The normalized spacial score (nSPS) is 17.4. The van der Waals surface area contributed by atoms with E-state index in [1.807, 2.05) is 12.1 Å². The Kier molecular flexibility index (Phi) is 4.28. The van der Waals surface area contributed by atoms with Crippen molar-refractivity contribution in [1.29, 1.82) is 0 Å². The highest BCUT2D eigenvalue weighted by Gasteiger charge is 2.23. The number of hydrogen-bond acceptors (Lipinski definition) is 8. The van der Waals surface area contributed by atoms with Gasteiger partial charge in [-0.15, -0.1) is 0 Å². The van der Waals surface area contributed by atoms with Gasteiger partial charge in [0.1, 0.15) is 0 Å². The SMILES string of the molecule is c1cc(-c2noc(CCCc3nc(C4CCOC4)no3)n2)ccn1. The Labute approximate surface area is 138 Å². The van der Waals surface area contributed by atoms with E-state index in [1.165, 1.54) is 0 Å². The molecule has 4 rings (SSSR count). The Balaban J connectivity index is 1.31. The van der Waals surface area contributed by atoms with Crippen molar-refractivity contribution in [2.24, 2.45) is 0 Å². The summed E-state index contributed by atoms with van der Waals surface area (Å²) in [6.07, 6.45) is 6.53. The van der Waals surface area contributed by atoms with Crippen LogP contribution in [0.2, 0.25) is 0 Å². The molecule has 1 aliphatic heterocycles. The molecule has 3 aromatic rings. The van der Waals surface area contributed by atoms with Crippen LogP contribution >= 0.6 is 0 Å². The molecule has 1 unspecified atom stereocenters. The highest BCUT2D eigenvalue weighted by Crippen LogP contribution is 2.22. The van der Waals surface area contributed by atoms with Crippen LogP contribution in [0.25, 0.3) is 11.4 Å². The molecule has 3 aromatic heterocycles.